The van der Waals surface area contributed by atoms with Crippen LogP contribution in [0.1, 0.15) is 11.1 Å². The van der Waals surface area contributed by atoms with E-state index in [0.29, 0.717) is 33.9 Å². The monoisotopic (exact) mass is 403 g/mol. The summed E-state index contributed by atoms with van der Waals surface area (Å²) in [5, 5.41) is 0.360. The number of ether oxygens (including phenoxy) is 5. The molecule has 0 aromatic heterocycles. The molecule has 0 heterocycles. The zero-order valence-corrected chi connectivity index (χ0v) is 17.8. The standard InChI is InChI=1S/C21H25NO5S/c1-22(2)21(28)27-16-10-9-14(11-17(16)23-3)7-8-15-12-18(24-4)20(26-6)19(13-15)25-5/h7-13H,1-6H3/b8-7-. The van der Waals surface area contributed by atoms with Crippen LogP contribution in [0.2, 0.25) is 0 Å². The number of thiocarbonyl (C=S) groups is 1. The molecule has 2 rings (SSSR count). The maximum absolute atomic E-state index is 5.66. The molecule has 7 heteroatoms. The zero-order valence-electron chi connectivity index (χ0n) is 16.9. The number of hydrogen-bond donors (Lipinski definition) is 0. The first-order chi connectivity index (χ1) is 13.4. The van der Waals surface area contributed by atoms with Gasteiger partial charge in [0.2, 0.25) is 5.75 Å². The molecular weight excluding hydrogens is 378 g/mol. The zero-order chi connectivity index (χ0) is 20.7. The third-order valence-electron chi connectivity index (χ3n) is 3.91. The van der Waals surface area contributed by atoms with Crippen LogP contribution in [-0.4, -0.2) is 52.6 Å². The van der Waals surface area contributed by atoms with E-state index in [1.165, 1.54) is 0 Å². The summed E-state index contributed by atoms with van der Waals surface area (Å²) >= 11 is 5.18. The molecule has 0 aliphatic heterocycles. The molecule has 0 unspecified atom stereocenters. The molecule has 0 bridgehead atoms. The number of rotatable bonds is 7. The van der Waals surface area contributed by atoms with Gasteiger partial charge in [0, 0.05) is 14.1 Å². The van der Waals surface area contributed by atoms with E-state index in [1.807, 2.05) is 56.6 Å². The Hall–Kier alpha value is -2.93. The minimum absolute atomic E-state index is 0.360. The largest absolute Gasteiger partial charge is 0.493 e. The van der Waals surface area contributed by atoms with Crippen molar-refractivity contribution in [3.05, 3.63) is 41.5 Å². The Morgan fingerprint density at radius 2 is 1.29 bits per heavy atom. The Labute approximate surface area is 171 Å². The molecule has 0 amide bonds. The van der Waals surface area contributed by atoms with E-state index in [0.717, 1.165) is 11.1 Å². The quantitative estimate of drug-likeness (QED) is 0.509. The lowest BCUT2D eigenvalue weighted by atomic mass is 10.1. The molecule has 2 aromatic carbocycles. The Morgan fingerprint density at radius 3 is 1.79 bits per heavy atom. The highest BCUT2D eigenvalue weighted by Gasteiger charge is 2.12. The molecule has 0 spiro atoms. The molecule has 6 nitrogen and oxygen atoms in total. The number of hydrogen-bond acceptors (Lipinski definition) is 6. The predicted octanol–water partition coefficient (Wildman–Crippen LogP) is 4.12. The molecule has 150 valence electrons. The molecule has 28 heavy (non-hydrogen) atoms. The van der Waals surface area contributed by atoms with E-state index in [4.69, 9.17) is 35.9 Å². The highest BCUT2D eigenvalue weighted by atomic mass is 32.1. The minimum Gasteiger partial charge on any atom is -0.493 e. The Balaban J connectivity index is 2.30. The van der Waals surface area contributed by atoms with Crippen molar-refractivity contribution in [1.29, 1.82) is 0 Å². The average Bonchev–Trinajstić information content (AvgIpc) is 2.71. The summed E-state index contributed by atoms with van der Waals surface area (Å²) in [6, 6.07) is 9.38. The number of methoxy groups -OCH3 is 4. The van der Waals surface area contributed by atoms with Crippen LogP contribution in [0.4, 0.5) is 0 Å². The van der Waals surface area contributed by atoms with Gasteiger partial charge in [-0.25, -0.2) is 0 Å². The first-order valence-corrected chi connectivity index (χ1v) is 8.89. The van der Waals surface area contributed by atoms with Gasteiger partial charge in [0.05, 0.1) is 28.4 Å². The molecule has 0 saturated carbocycles. The van der Waals surface area contributed by atoms with Crippen molar-refractivity contribution < 1.29 is 23.7 Å². The molecule has 2 aromatic rings. The van der Waals surface area contributed by atoms with Crippen LogP contribution in [-0.2, 0) is 0 Å². The van der Waals surface area contributed by atoms with Crippen molar-refractivity contribution in [3.8, 4) is 28.7 Å². The second-order valence-corrected chi connectivity index (χ2v) is 6.31. The van der Waals surface area contributed by atoms with Gasteiger partial charge in [-0.05, 0) is 47.6 Å². The van der Waals surface area contributed by atoms with Crippen LogP contribution in [0.3, 0.4) is 0 Å². The van der Waals surface area contributed by atoms with Crippen molar-refractivity contribution >= 4 is 29.5 Å². The highest BCUT2D eigenvalue weighted by Crippen LogP contribution is 2.38. The van der Waals surface area contributed by atoms with Crippen LogP contribution >= 0.6 is 12.2 Å². The van der Waals surface area contributed by atoms with E-state index < -0.39 is 0 Å². The van der Waals surface area contributed by atoms with Crippen LogP contribution in [0.25, 0.3) is 12.2 Å². The third kappa shape index (κ3) is 5.07. The van der Waals surface area contributed by atoms with E-state index in [2.05, 4.69) is 0 Å². The van der Waals surface area contributed by atoms with Crippen molar-refractivity contribution in [1.82, 2.24) is 4.90 Å². The van der Waals surface area contributed by atoms with Crippen LogP contribution < -0.4 is 23.7 Å². The van der Waals surface area contributed by atoms with E-state index in [1.54, 1.807) is 33.3 Å². The van der Waals surface area contributed by atoms with Crippen molar-refractivity contribution in [2.24, 2.45) is 0 Å². The van der Waals surface area contributed by atoms with Gasteiger partial charge in [-0.3, -0.25) is 0 Å². The topological polar surface area (TPSA) is 49.4 Å². The smallest absolute Gasteiger partial charge is 0.264 e. The fourth-order valence-electron chi connectivity index (χ4n) is 2.45. The normalized spacial score (nSPS) is 10.5. The lowest BCUT2D eigenvalue weighted by Crippen LogP contribution is -2.25. The Kier molecular flexibility index (Phi) is 7.52. The summed E-state index contributed by atoms with van der Waals surface area (Å²) in [7, 11) is 9.99. The summed E-state index contributed by atoms with van der Waals surface area (Å²) < 4.78 is 27.2. The Morgan fingerprint density at radius 1 is 0.750 bits per heavy atom. The van der Waals surface area contributed by atoms with Crippen molar-refractivity contribution in [2.75, 3.05) is 42.5 Å². The van der Waals surface area contributed by atoms with Gasteiger partial charge in [-0.1, -0.05) is 18.2 Å². The first kappa shape index (κ1) is 21.4. The maximum atomic E-state index is 5.66. The van der Waals surface area contributed by atoms with Crippen LogP contribution in [0, 0.1) is 0 Å². The fourth-order valence-corrected chi connectivity index (χ4v) is 2.54. The molecule has 0 N–H and O–H groups in total. The highest BCUT2D eigenvalue weighted by molar-refractivity contribution is 7.80. The molecular formula is C21H25NO5S. The van der Waals surface area contributed by atoms with Gasteiger partial charge in [0.15, 0.2) is 23.0 Å². The van der Waals surface area contributed by atoms with Gasteiger partial charge in [0.1, 0.15) is 0 Å². The first-order valence-electron chi connectivity index (χ1n) is 8.48. The fraction of sp³-hybridized carbons (Fsp3) is 0.286. The van der Waals surface area contributed by atoms with E-state index >= 15 is 0 Å². The number of benzene rings is 2. The Bertz CT molecular complexity index is 839. The summed E-state index contributed by atoms with van der Waals surface area (Å²) in [5.74, 6) is 2.91. The summed E-state index contributed by atoms with van der Waals surface area (Å²) in [4.78, 5) is 1.72. The molecule has 0 radical (unpaired) electrons. The van der Waals surface area contributed by atoms with Gasteiger partial charge < -0.3 is 28.6 Å². The van der Waals surface area contributed by atoms with Crippen LogP contribution in [0.15, 0.2) is 30.3 Å². The maximum Gasteiger partial charge on any atom is 0.264 e. The lowest BCUT2D eigenvalue weighted by molar-refractivity contribution is 0.324. The minimum atomic E-state index is 0.360. The molecule has 0 fully saturated rings. The third-order valence-corrected chi connectivity index (χ3v) is 4.35. The van der Waals surface area contributed by atoms with Crippen LogP contribution in [0.5, 0.6) is 28.7 Å². The number of nitrogens with zero attached hydrogens (tertiary/aromatic N) is 1. The van der Waals surface area contributed by atoms with Crippen molar-refractivity contribution in [2.45, 2.75) is 0 Å². The SMILES string of the molecule is COc1cc(/C=C\c2cc(OC)c(OC)c(OC)c2)ccc1OC(=S)N(C)C. The summed E-state index contributed by atoms with van der Waals surface area (Å²) in [6.07, 6.45) is 3.90. The molecule has 0 aliphatic carbocycles. The second-order valence-electron chi connectivity index (χ2n) is 5.96. The summed E-state index contributed by atoms with van der Waals surface area (Å²) in [6.45, 7) is 0. The second kappa shape index (κ2) is 9.85. The van der Waals surface area contributed by atoms with Crippen molar-refractivity contribution in [3.63, 3.8) is 0 Å². The predicted molar refractivity (Wildman–Crippen MR) is 115 cm³/mol. The average molecular weight is 404 g/mol. The van der Waals surface area contributed by atoms with Gasteiger partial charge in [-0.15, -0.1) is 0 Å². The lowest BCUT2D eigenvalue weighted by Gasteiger charge is -2.16. The molecule has 0 saturated heterocycles. The summed E-state index contributed by atoms with van der Waals surface area (Å²) in [5.41, 5.74) is 1.84. The molecule has 0 aliphatic rings. The van der Waals surface area contributed by atoms with Gasteiger partial charge in [0.25, 0.3) is 5.17 Å². The van der Waals surface area contributed by atoms with E-state index in [-0.39, 0.29) is 0 Å². The van der Waals surface area contributed by atoms with Gasteiger partial charge in [-0.2, -0.15) is 0 Å². The van der Waals surface area contributed by atoms with Gasteiger partial charge >= 0.3 is 0 Å². The van der Waals surface area contributed by atoms with E-state index in [9.17, 15) is 0 Å². The molecule has 0 atom stereocenters.